The Morgan fingerprint density at radius 1 is 1.10 bits per heavy atom. The lowest BCUT2D eigenvalue weighted by molar-refractivity contribution is -0.119. The van der Waals surface area contributed by atoms with E-state index in [0.717, 1.165) is 36.9 Å². The normalized spacial score (nSPS) is 14.0. The van der Waals surface area contributed by atoms with E-state index in [1.165, 1.54) is 6.07 Å². The SMILES string of the molecule is Cc1cn(-c2nccc3[nH]c(-c4[nH]nc5c(F)cc(-c6cncc(NC(=O)C7CCCC7)c6)cc45)nc23)cn1. The molecule has 1 aliphatic rings. The number of hydrogen-bond donors (Lipinski definition) is 3. The van der Waals surface area contributed by atoms with Gasteiger partial charge in [-0.05, 0) is 49.6 Å². The van der Waals surface area contributed by atoms with Crippen molar-refractivity contribution in [3.63, 3.8) is 0 Å². The number of aromatic amines is 2. The number of aryl methyl sites for hydroxylation is 1. The number of halogens is 1. The maximum atomic E-state index is 15.2. The Bertz CT molecular complexity index is 1860. The van der Waals surface area contributed by atoms with Crippen LogP contribution in [0.1, 0.15) is 31.4 Å². The number of amides is 1. The molecule has 0 aliphatic heterocycles. The first kappa shape index (κ1) is 23.2. The summed E-state index contributed by atoms with van der Waals surface area (Å²) in [6.45, 7) is 1.91. The lowest BCUT2D eigenvalue weighted by atomic mass is 10.0. The second-order valence-electron chi connectivity index (χ2n) is 9.92. The van der Waals surface area contributed by atoms with E-state index in [2.05, 4.69) is 35.5 Å². The summed E-state index contributed by atoms with van der Waals surface area (Å²) in [5.41, 5.74) is 4.92. The number of pyridine rings is 2. The molecule has 1 fully saturated rings. The first-order valence-corrected chi connectivity index (χ1v) is 12.8. The fourth-order valence-corrected chi connectivity index (χ4v) is 5.29. The number of benzene rings is 1. The van der Waals surface area contributed by atoms with Gasteiger partial charge in [0.2, 0.25) is 5.91 Å². The quantitative estimate of drug-likeness (QED) is 0.281. The third kappa shape index (κ3) is 4.12. The van der Waals surface area contributed by atoms with Crippen LogP contribution in [0.4, 0.5) is 10.1 Å². The van der Waals surface area contributed by atoms with Crippen molar-refractivity contribution in [1.82, 2.24) is 39.7 Å². The summed E-state index contributed by atoms with van der Waals surface area (Å²) in [5, 5.41) is 10.7. The van der Waals surface area contributed by atoms with Crippen LogP contribution in [0.15, 0.2) is 55.4 Å². The molecule has 0 unspecified atom stereocenters. The van der Waals surface area contributed by atoms with E-state index in [4.69, 9.17) is 4.98 Å². The van der Waals surface area contributed by atoms with Crippen LogP contribution in [0.5, 0.6) is 0 Å². The number of imidazole rings is 2. The third-order valence-corrected chi connectivity index (χ3v) is 7.25. The third-order valence-electron chi connectivity index (χ3n) is 7.25. The van der Waals surface area contributed by atoms with Gasteiger partial charge in [-0.2, -0.15) is 5.10 Å². The van der Waals surface area contributed by atoms with Crippen LogP contribution in [-0.4, -0.2) is 45.6 Å². The second-order valence-corrected chi connectivity index (χ2v) is 9.92. The van der Waals surface area contributed by atoms with E-state index in [9.17, 15) is 4.79 Å². The zero-order chi connectivity index (χ0) is 26.5. The Morgan fingerprint density at radius 3 is 2.79 bits per heavy atom. The van der Waals surface area contributed by atoms with Gasteiger partial charge >= 0.3 is 0 Å². The van der Waals surface area contributed by atoms with E-state index >= 15 is 4.39 Å². The van der Waals surface area contributed by atoms with Gasteiger partial charge in [0.15, 0.2) is 17.5 Å². The number of aromatic nitrogens is 8. The summed E-state index contributed by atoms with van der Waals surface area (Å²) in [6, 6.07) is 6.92. The van der Waals surface area contributed by atoms with Gasteiger partial charge in [-0.1, -0.05) is 12.8 Å². The lowest BCUT2D eigenvalue weighted by Gasteiger charge is -2.11. The van der Waals surface area contributed by atoms with Gasteiger partial charge in [-0.3, -0.25) is 19.4 Å². The minimum absolute atomic E-state index is 0.00908. The zero-order valence-electron chi connectivity index (χ0n) is 21.1. The van der Waals surface area contributed by atoms with Crippen molar-refractivity contribution in [2.24, 2.45) is 5.92 Å². The van der Waals surface area contributed by atoms with Gasteiger partial charge in [0.25, 0.3) is 0 Å². The number of hydrogen-bond acceptors (Lipinski definition) is 6. The van der Waals surface area contributed by atoms with Crippen molar-refractivity contribution in [3.8, 4) is 28.5 Å². The van der Waals surface area contributed by atoms with Gasteiger partial charge in [0, 0.05) is 35.5 Å². The monoisotopic (exact) mass is 521 g/mol. The van der Waals surface area contributed by atoms with E-state index in [1.54, 1.807) is 24.9 Å². The first-order valence-electron chi connectivity index (χ1n) is 12.8. The fourth-order valence-electron chi connectivity index (χ4n) is 5.29. The Kier molecular flexibility index (Phi) is 5.43. The molecule has 5 heterocycles. The molecule has 1 amide bonds. The first-order chi connectivity index (χ1) is 19.0. The molecule has 0 atom stereocenters. The van der Waals surface area contributed by atoms with Crippen molar-refractivity contribution in [2.75, 3.05) is 5.32 Å². The van der Waals surface area contributed by atoms with E-state index in [-0.39, 0.29) is 17.3 Å². The Balaban J connectivity index is 1.27. The largest absolute Gasteiger partial charge is 0.336 e. The van der Waals surface area contributed by atoms with Crippen LogP contribution in [0.25, 0.3) is 50.4 Å². The average molecular weight is 522 g/mol. The molecular weight excluding hydrogens is 497 g/mol. The minimum atomic E-state index is -0.474. The highest BCUT2D eigenvalue weighted by atomic mass is 19.1. The summed E-state index contributed by atoms with van der Waals surface area (Å²) in [4.78, 5) is 33.8. The molecule has 0 saturated heterocycles. The van der Waals surface area contributed by atoms with Gasteiger partial charge in [-0.15, -0.1) is 0 Å². The number of H-pyrrole nitrogens is 2. The molecule has 5 aromatic heterocycles. The molecule has 194 valence electrons. The molecule has 39 heavy (non-hydrogen) atoms. The smallest absolute Gasteiger partial charge is 0.227 e. The maximum Gasteiger partial charge on any atom is 0.227 e. The number of anilines is 1. The van der Waals surface area contributed by atoms with Crippen LogP contribution in [0.3, 0.4) is 0 Å². The number of fused-ring (bicyclic) bond motifs is 2. The van der Waals surface area contributed by atoms with Gasteiger partial charge < -0.3 is 10.3 Å². The Morgan fingerprint density at radius 2 is 1.97 bits per heavy atom. The topological polar surface area (TPSA) is 130 Å². The van der Waals surface area contributed by atoms with Crippen molar-refractivity contribution in [2.45, 2.75) is 32.6 Å². The number of nitrogens with zero attached hydrogens (tertiary/aromatic N) is 6. The molecule has 1 aromatic carbocycles. The summed E-state index contributed by atoms with van der Waals surface area (Å²) < 4.78 is 17.1. The zero-order valence-corrected chi connectivity index (χ0v) is 21.1. The number of carbonyl (C=O) groups is 1. The number of nitrogens with one attached hydrogen (secondary N) is 3. The van der Waals surface area contributed by atoms with Crippen LogP contribution in [0, 0.1) is 18.7 Å². The lowest BCUT2D eigenvalue weighted by Crippen LogP contribution is -2.20. The number of carbonyl (C=O) groups excluding carboxylic acids is 1. The van der Waals surface area contributed by atoms with Crippen molar-refractivity contribution in [3.05, 3.63) is 66.9 Å². The highest BCUT2D eigenvalue weighted by Crippen LogP contribution is 2.33. The van der Waals surface area contributed by atoms with Crippen molar-refractivity contribution >= 4 is 33.5 Å². The standard InChI is InChI=1S/C28H24FN9O/c1-15-13-38(14-32-15)27-25-22(6-7-31-27)34-26(35-25)24-20-9-17(10-21(29)23(20)36-37-24)18-8-19(12-30-11-18)33-28(39)16-4-2-3-5-16/h6-14,16H,2-5H2,1H3,(H,33,39)(H,34,35)(H,36,37). The van der Waals surface area contributed by atoms with Crippen molar-refractivity contribution in [1.29, 1.82) is 0 Å². The van der Waals surface area contributed by atoms with Crippen LogP contribution < -0.4 is 5.32 Å². The maximum absolute atomic E-state index is 15.2. The summed E-state index contributed by atoms with van der Waals surface area (Å²) in [6.07, 6.45) is 12.5. The van der Waals surface area contributed by atoms with Crippen LogP contribution >= 0.6 is 0 Å². The Hall–Kier alpha value is -4.93. The second kappa shape index (κ2) is 9.12. The van der Waals surface area contributed by atoms with Gasteiger partial charge in [-0.25, -0.2) is 19.3 Å². The molecule has 1 saturated carbocycles. The molecule has 0 radical (unpaired) electrons. The summed E-state index contributed by atoms with van der Waals surface area (Å²) in [7, 11) is 0. The molecule has 0 bridgehead atoms. The molecule has 3 N–H and O–H groups in total. The summed E-state index contributed by atoms with van der Waals surface area (Å²) >= 11 is 0. The average Bonchev–Trinajstić information content (AvgIpc) is 3.74. The highest BCUT2D eigenvalue weighted by Gasteiger charge is 2.23. The predicted octanol–water partition coefficient (Wildman–Crippen LogP) is 5.33. The van der Waals surface area contributed by atoms with E-state index < -0.39 is 5.82 Å². The van der Waals surface area contributed by atoms with E-state index in [0.29, 0.717) is 45.1 Å². The van der Waals surface area contributed by atoms with Crippen LogP contribution in [0.2, 0.25) is 0 Å². The molecular formula is C28H24FN9O. The van der Waals surface area contributed by atoms with Gasteiger partial charge in [0.1, 0.15) is 23.1 Å². The molecule has 6 aromatic rings. The van der Waals surface area contributed by atoms with Crippen LogP contribution in [-0.2, 0) is 4.79 Å². The number of rotatable bonds is 5. The molecule has 0 spiro atoms. The van der Waals surface area contributed by atoms with E-state index in [1.807, 2.05) is 35.9 Å². The highest BCUT2D eigenvalue weighted by molar-refractivity contribution is 5.97. The fraction of sp³-hybridized carbons (Fsp3) is 0.214. The Labute approximate surface area is 221 Å². The molecule has 10 nitrogen and oxygen atoms in total. The van der Waals surface area contributed by atoms with Crippen molar-refractivity contribution < 1.29 is 9.18 Å². The molecule has 7 rings (SSSR count). The minimum Gasteiger partial charge on any atom is -0.336 e. The van der Waals surface area contributed by atoms with Gasteiger partial charge in [0.05, 0.1) is 23.1 Å². The summed E-state index contributed by atoms with van der Waals surface area (Å²) in [5.74, 6) is 0.709. The molecule has 1 aliphatic carbocycles. The predicted molar refractivity (Wildman–Crippen MR) is 145 cm³/mol. The molecule has 11 heteroatoms.